The fourth-order valence-corrected chi connectivity index (χ4v) is 5.92. The zero-order chi connectivity index (χ0) is 27.2. The number of nitriles is 3. The van der Waals surface area contributed by atoms with Crippen LogP contribution in [0.15, 0.2) is 115 Å². The maximum atomic E-state index is 9.50. The van der Waals surface area contributed by atoms with Crippen LogP contribution in [0.3, 0.4) is 0 Å². The third-order valence-corrected chi connectivity index (χ3v) is 7.74. The van der Waals surface area contributed by atoms with Gasteiger partial charge in [0.1, 0.15) is 0 Å². The molecule has 0 unspecified atom stereocenters. The van der Waals surface area contributed by atoms with E-state index < -0.39 is 0 Å². The lowest BCUT2D eigenvalue weighted by Crippen LogP contribution is -1.90. The van der Waals surface area contributed by atoms with Crippen molar-refractivity contribution in [1.82, 2.24) is 0 Å². The van der Waals surface area contributed by atoms with Gasteiger partial charge in [-0.15, -0.1) is 0 Å². The molecule has 0 saturated heterocycles. The van der Waals surface area contributed by atoms with E-state index in [9.17, 15) is 15.8 Å². The summed E-state index contributed by atoms with van der Waals surface area (Å²) in [5, 5.41) is 30.5. The Morgan fingerprint density at radius 2 is 0.875 bits per heavy atom. The van der Waals surface area contributed by atoms with Crippen molar-refractivity contribution in [3.8, 4) is 73.8 Å². The van der Waals surface area contributed by atoms with E-state index in [4.69, 9.17) is 0 Å². The van der Waals surface area contributed by atoms with Crippen molar-refractivity contribution in [2.24, 2.45) is 0 Å². The van der Waals surface area contributed by atoms with E-state index in [1.165, 1.54) is 5.39 Å². The Balaban J connectivity index is 1.54. The highest BCUT2D eigenvalue weighted by molar-refractivity contribution is 6.23. The molecular weight excluding hydrogens is 486 g/mol. The summed E-state index contributed by atoms with van der Waals surface area (Å²) in [5.74, 6) is 0. The molecule has 3 heteroatoms. The van der Waals surface area contributed by atoms with Crippen LogP contribution in [0.1, 0.15) is 16.7 Å². The first-order chi connectivity index (χ1) is 19.7. The average molecular weight is 506 g/mol. The molecule has 0 radical (unpaired) electrons. The molecule has 0 saturated carbocycles. The highest BCUT2D eigenvalue weighted by Gasteiger charge is 2.28. The van der Waals surface area contributed by atoms with Crippen molar-refractivity contribution in [1.29, 1.82) is 15.8 Å². The van der Waals surface area contributed by atoms with Gasteiger partial charge in [0.25, 0.3) is 0 Å². The summed E-state index contributed by atoms with van der Waals surface area (Å²) in [4.78, 5) is 0. The predicted molar refractivity (Wildman–Crippen MR) is 159 cm³/mol. The Labute approximate surface area is 232 Å². The zero-order valence-corrected chi connectivity index (χ0v) is 21.3. The second-order valence-corrected chi connectivity index (χ2v) is 9.87. The van der Waals surface area contributed by atoms with E-state index in [2.05, 4.69) is 66.7 Å². The van der Waals surface area contributed by atoms with Crippen molar-refractivity contribution in [3.63, 3.8) is 0 Å². The zero-order valence-electron chi connectivity index (χ0n) is 21.3. The van der Waals surface area contributed by atoms with Gasteiger partial charge in [-0.25, -0.2) is 0 Å². The van der Waals surface area contributed by atoms with Crippen LogP contribution in [-0.2, 0) is 0 Å². The first-order valence-corrected chi connectivity index (χ1v) is 13.0. The van der Waals surface area contributed by atoms with Crippen LogP contribution < -0.4 is 0 Å². The molecule has 0 bridgehead atoms. The van der Waals surface area contributed by atoms with Crippen LogP contribution >= 0.6 is 0 Å². The van der Waals surface area contributed by atoms with E-state index >= 15 is 0 Å². The van der Waals surface area contributed by atoms with Crippen LogP contribution in [0.4, 0.5) is 0 Å². The highest BCUT2D eigenvalue weighted by Crippen LogP contribution is 2.55. The number of hydrogen-bond acceptors (Lipinski definition) is 3. The monoisotopic (exact) mass is 505 g/mol. The van der Waals surface area contributed by atoms with E-state index in [0.29, 0.717) is 16.7 Å². The topological polar surface area (TPSA) is 71.4 Å². The van der Waals surface area contributed by atoms with Crippen molar-refractivity contribution in [2.75, 3.05) is 0 Å². The lowest BCUT2D eigenvalue weighted by Gasteiger charge is -2.16. The molecule has 0 amide bonds. The van der Waals surface area contributed by atoms with Crippen LogP contribution in [0.2, 0.25) is 0 Å². The Morgan fingerprint density at radius 3 is 1.45 bits per heavy atom. The van der Waals surface area contributed by atoms with Crippen LogP contribution in [-0.4, -0.2) is 0 Å². The van der Waals surface area contributed by atoms with E-state index in [0.717, 1.165) is 61.0 Å². The summed E-state index contributed by atoms with van der Waals surface area (Å²) < 4.78 is 0. The molecule has 0 fully saturated rings. The van der Waals surface area contributed by atoms with E-state index in [-0.39, 0.29) is 0 Å². The van der Waals surface area contributed by atoms with Gasteiger partial charge in [0, 0.05) is 0 Å². The molecule has 6 aromatic rings. The standard InChI is InChI=1S/C37H19N3/c38-20-23-7-11-26(12-8-23)30-16-17-31(27-13-9-24(21-39)10-14-27)37-34-18-15-29(28-4-1-3-25(19-28)22-40)32-5-2-6-33(35(32)34)36(30)37/h1-19H. The molecule has 0 N–H and O–H groups in total. The molecule has 0 atom stereocenters. The normalized spacial score (nSPS) is 10.9. The fraction of sp³-hybridized carbons (Fsp3) is 0. The summed E-state index contributed by atoms with van der Waals surface area (Å²) in [7, 11) is 0. The van der Waals surface area contributed by atoms with Gasteiger partial charge in [0.05, 0.1) is 34.9 Å². The Morgan fingerprint density at radius 1 is 0.375 bits per heavy atom. The number of rotatable bonds is 3. The number of nitrogens with zero attached hydrogens (tertiary/aromatic N) is 3. The molecule has 0 aromatic heterocycles. The minimum atomic E-state index is 0.629. The van der Waals surface area contributed by atoms with Gasteiger partial charge in [-0.2, -0.15) is 15.8 Å². The summed E-state index contributed by atoms with van der Waals surface area (Å²) in [6, 6.07) is 45.0. The van der Waals surface area contributed by atoms with E-state index in [1.807, 2.05) is 66.7 Å². The van der Waals surface area contributed by atoms with Gasteiger partial charge in [-0.1, -0.05) is 78.9 Å². The van der Waals surface area contributed by atoms with Crippen LogP contribution in [0.25, 0.3) is 66.4 Å². The highest BCUT2D eigenvalue weighted by atomic mass is 14.3. The Hall–Kier alpha value is -5.95. The first kappa shape index (κ1) is 23.2. The van der Waals surface area contributed by atoms with Gasteiger partial charge < -0.3 is 0 Å². The van der Waals surface area contributed by atoms with Crippen molar-refractivity contribution in [2.45, 2.75) is 0 Å². The molecule has 1 aliphatic carbocycles. The summed E-state index contributed by atoms with van der Waals surface area (Å²) in [5.41, 5.74) is 13.0. The summed E-state index contributed by atoms with van der Waals surface area (Å²) in [6.07, 6.45) is 0. The fourth-order valence-electron chi connectivity index (χ4n) is 5.92. The molecular formula is C37H19N3. The van der Waals surface area contributed by atoms with Crippen LogP contribution in [0.5, 0.6) is 0 Å². The number of benzene rings is 6. The van der Waals surface area contributed by atoms with E-state index in [1.54, 1.807) is 0 Å². The van der Waals surface area contributed by atoms with Crippen molar-refractivity contribution >= 4 is 10.8 Å². The molecule has 40 heavy (non-hydrogen) atoms. The summed E-state index contributed by atoms with van der Waals surface area (Å²) >= 11 is 0. The lowest BCUT2D eigenvalue weighted by atomic mass is 9.87. The number of hydrogen-bond donors (Lipinski definition) is 0. The quantitative estimate of drug-likeness (QED) is 0.240. The van der Waals surface area contributed by atoms with Gasteiger partial charge in [-0.05, 0) is 103 Å². The number of fused-ring (bicyclic) bond motifs is 3. The largest absolute Gasteiger partial charge is 0.192 e. The van der Waals surface area contributed by atoms with Crippen LogP contribution in [0, 0.1) is 34.0 Å². The molecule has 0 aliphatic heterocycles. The molecule has 0 spiro atoms. The minimum absolute atomic E-state index is 0.629. The maximum absolute atomic E-state index is 9.50. The van der Waals surface area contributed by atoms with Gasteiger partial charge in [-0.3, -0.25) is 0 Å². The predicted octanol–water partition coefficient (Wildman–Crippen LogP) is 9.10. The maximum Gasteiger partial charge on any atom is 0.0991 e. The molecule has 7 rings (SSSR count). The first-order valence-electron chi connectivity index (χ1n) is 13.0. The second-order valence-electron chi connectivity index (χ2n) is 9.87. The minimum Gasteiger partial charge on any atom is -0.192 e. The smallest absolute Gasteiger partial charge is 0.0991 e. The second kappa shape index (κ2) is 9.11. The average Bonchev–Trinajstić information content (AvgIpc) is 3.37. The molecule has 6 aromatic carbocycles. The molecule has 0 heterocycles. The SMILES string of the molecule is N#Cc1ccc(-c2ccc(-c3ccc(C#N)cc3)c3c2-c2cccc4c(-c5cccc(C#N)c5)ccc-3c24)cc1. The molecule has 182 valence electrons. The Kier molecular flexibility index (Phi) is 5.28. The van der Waals surface area contributed by atoms with Gasteiger partial charge >= 0.3 is 0 Å². The molecule has 3 nitrogen and oxygen atoms in total. The van der Waals surface area contributed by atoms with Crippen molar-refractivity contribution < 1.29 is 0 Å². The van der Waals surface area contributed by atoms with Crippen molar-refractivity contribution in [3.05, 3.63) is 132 Å². The van der Waals surface area contributed by atoms with Gasteiger partial charge in [0.15, 0.2) is 0 Å². The Bertz CT molecular complexity index is 2020. The van der Waals surface area contributed by atoms with Gasteiger partial charge in [0.2, 0.25) is 0 Å². The third kappa shape index (κ3) is 3.49. The lowest BCUT2D eigenvalue weighted by molar-refractivity contribution is 1.48. The summed E-state index contributed by atoms with van der Waals surface area (Å²) in [6.45, 7) is 0. The third-order valence-electron chi connectivity index (χ3n) is 7.74. The molecule has 1 aliphatic rings.